The summed E-state index contributed by atoms with van der Waals surface area (Å²) in [4.78, 5) is 11.9. The minimum absolute atomic E-state index is 0.0334. The Bertz CT molecular complexity index is 621. The Labute approximate surface area is 118 Å². The van der Waals surface area contributed by atoms with E-state index in [1.807, 2.05) is 0 Å². The molecule has 0 aliphatic rings. The third-order valence-corrected chi connectivity index (χ3v) is 2.86. The fourth-order valence-electron chi connectivity index (χ4n) is 1.67. The van der Waals surface area contributed by atoms with Crippen LogP contribution in [0.4, 0.5) is 14.5 Å². The first-order valence-corrected chi connectivity index (χ1v) is 6.01. The lowest BCUT2D eigenvalue weighted by molar-refractivity contribution is 0.0473. The van der Waals surface area contributed by atoms with Crippen LogP contribution < -0.4 is 5.73 Å². The van der Waals surface area contributed by atoms with Crippen molar-refractivity contribution in [3.63, 3.8) is 0 Å². The Morgan fingerprint density at radius 1 is 1.20 bits per heavy atom. The largest absolute Gasteiger partial charge is 0.457 e. The number of ether oxygens (including phenoxy) is 1. The zero-order chi connectivity index (χ0) is 14.7. The monoisotopic (exact) mass is 297 g/mol. The summed E-state index contributed by atoms with van der Waals surface area (Å²) in [6.45, 7) is -0.280. The maximum absolute atomic E-state index is 13.0. The molecule has 20 heavy (non-hydrogen) atoms. The molecule has 2 rings (SSSR count). The summed E-state index contributed by atoms with van der Waals surface area (Å²) >= 11 is 5.86. The maximum Gasteiger partial charge on any atom is 0.342 e. The van der Waals surface area contributed by atoms with E-state index < -0.39 is 17.6 Å². The van der Waals surface area contributed by atoms with E-state index in [0.29, 0.717) is 0 Å². The summed E-state index contributed by atoms with van der Waals surface area (Å²) in [7, 11) is 0. The molecule has 3 nitrogen and oxygen atoms in total. The molecule has 0 heterocycles. The van der Waals surface area contributed by atoms with Crippen LogP contribution in [-0.2, 0) is 11.3 Å². The van der Waals surface area contributed by atoms with Crippen LogP contribution in [0, 0.1) is 11.6 Å². The molecule has 6 heteroatoms. The molecule has 2 aromatic carbocycles. The Hall–Kier alpha value is -2.14. The van der Waals surface area contributed by atoms with E-state index in [4.69, 9.17) is 22.1 Å². The van der Waals surface area contributed by atoms with Gasteiger partial charge in [-0.2, -0.15) is 0 Å². The second-order valence-corrected chi connectivity index (χ2v) is 4.47. The Morgan fingerprint density at radius 3 is 2.45 bits per heavy atom. The fraction of sp³-hybridized carbons (Fsp3) is 0.0714. The van der Waals surface area contributed by atoms with Crippen molar-refractivity contribution in [2.75, 3.05) is 5.73 Å². The molecule has 2 aromatic rings. The molecule has 0 aliphatic heterocycles. The highest BCUT2D eigenvalue weighted by molar-refractivity contribution is 6.34. The fourth-order valence-corrected chi connectivity index (χ4v) is 1.93. The number of rotatable bonds is 3. The standard InChI is InChI=1S/C14H10ClF2NO2/c15-11-2-1-3-12(18)13(11)14(19)20-7-8-4-9(16)6-10(17)5-8/h1-6H,7,18H2. The molecule has 0 saturated heterocycles. The number of carbonyl (C=O) groups is 1. The smallest absolute Gasteiger partial charge is 0.342 e. The van der Waals surface area contributed by atoms with Gasteiger partial charge in [-0.3, -0.25) is 0 Å². The molecule has 0 bridgehead atoms. The maximum atomic E-state index is 13.0. The van der Waals surface area contributed by atoms with Crippen molar-refractivity contribution in [1.29, 1.82) is 0 Å². The Kier molecular flexibility index (Phi) is 4.20. The SMILES string of the molecule is Nc1cccc(Cl)c1C(=O)OCc1cc(F)cc(F)c1. The first-order chi connectivity index (χ1) is 9.47. The number of anilines is 1. The van der Waals surface area contributed by atoms with Gasteiger partial charge in [0.25, 0.3) is 0 Å². The van der Waals surface area contributed by atoms with Crippen molar-refractivity contribution < 1.29 is 18.3 Å². The second-order valence-electron chi connectivity index (χ2n) is 4.06. The zero-order valence-corrected chi connectivity index (χ0v) is 11.0. The highest BCUT2D eigenvalue weighted by Crippen LogP contribution is 2.23. The van der Waals surface area contributed by atoms with Gasteiger partial charge in [-0.1, -0.05) is 17.7 Å². The lowest BCUT2D eigenvalue weighted by Gasteiger charge is -2.08. The van der Waals surface area contributed by atoms with Gasteiger partial charge in [0.2, 0.25) is 0 Å². The summed E-state index contributed by atoms with van der Waals surface area (Å²) in [5.41, 5.74) is 6.04. The number of esters is 1. The molecule has 0 atom stereocenters. The van der Waals surface area contributed by atoms with Crippen LogP contribution in [0.2, 0.25) is 5.02 Å². The van der Waals surface area contributed by atoms with Gasteiger partial charge < -0.3 is 10.5 Å². The molecular weight excluding hydrogens is 288 g/mol. The van der Waals surface area contributed by atoms with Gasteiger partial charge in [0.15, 0.2) is 0 Å². The van der Waals surface area contributed by atoms with Crippen LogP contribution in [0.5, 0.6) is 0 Å². The van der Waals surface area contributed by atoms with Gasteiger partial charge in [0.1, 0.15) is 23.8 Å². The minimum atomic E-state index is -0.752. The molecule has 0 fully saturated rings. The van der Waals surface area contributed by atoms with Crippen molar-refractivity contribution in [3.8, 4) is 0 Å². The quantitative estimate of drug-likeness (QED) is 0.696. The van der Waals surface area contributed by atoms with Crippen molar-refractivity contribution >= 4 is 23.3 Å². The predicted molar refractivity (Wildman–Crippen MR) is 71.3 cm³/mol. The summed E-state index contributed by atoms with van der Waals surface area (Å²) < 4.78 is 30.9. The van der Waals surface area contributed by atoms with E-state index in [-0.39, 0.29) is 28.4 Å². The summed E-state index contributed by atoms with van der Waals surface area (Å²) in [5, 5.41) is 0.153. The van der Waals surface area contributed by atoms with E-state index in [1.54, 1.807) is 6.07 Å². The molecule has 0 amide bonds. The molecule has 104 valence electrons. The van der Waals surface area contributed by atoms with Crippen LogP contribution in [0.1, 0.15) is 15.9 Å². The van der Waals surface area contributed by atoms with Crippen molar-refractivity contribution in [2.24, 2.45) is 0 Å². The summed E-state index contributed by atoms with van der Waals surface area (Å²) in [5.74, 6) is -2.24. The predicted octanol–water partition coefficient (Wildman–Crippen LogP) is 3.56. The van der Waals surface area contributed by atoms with Crippen LogP contribution in [0.3, 0.4) is 0 Å². The molecule has 0 spiro atoms. The number of nitrogens with two attached hydrogens (primary N) is 1. The van der Waals surface area contributed by atoms with Gasteiger partial charge in [-0.15, -0.1) is 0 Å². The average molecular weight is 298 g/mol. The lowest BCUT2D eigenvalue weighted by atomic mass is 10.2. The highest BCUT2D eigenvalue weighted by atomic mass is 35.5. The van der Waals surface area contributed by atoms with Gasteiger partial charge >= 0.3 is 5.97 Å². The molecule has 2 N–H and O–H groups in total. The van der Waals surface area contributed by atoms with E-state index in [1.165, 1.54) is 12.1 Å². The summed E-state index contributed by atoms with van der Waals surface area (Å²) in [6.07, 6.45) is 0. The van der Waals surface area contributed by atoms with Crippen molar-refractivity contribution in [2.45, 2.75) is 6.61 Å². The Morgan fingerprint density at radius 2 is 1.85 bits per heavy atom. The van der Waals surface area contributed by atoms with Crippen LogP contribution in [-0.4, -0.2) is 5.97 Å². The topological polar surface area (TPSA) is 52.3 Å². The van der Waals surface area contributed by atoms with E-state index >= 15 is 0 Å². The van der Waals surface area contributed by atoms with Crippen LogP contribution in [0.25, 0.3) is 0 Å². The van der Waals surface area contributed by atoms with E-state index in [9.17, 15) is 13.6 Å². The average Bonchev–Trinajstić information content (AvgIpc) is 2.35. The first kappa shape index (κ1) is 14.3. The van der Waals surface area contributed by atoms with E-state index in [0.717, 1.165) is 18.2 Å². The molecular formula is C14H10ClF2NO2. The number of benzene rings is 2. The van der Waals surface area contributed by atoms with Crippen molar-refractivity contribution in [3.05, 3.63) is 64.2 Å². The number of nitrogen functional groups attached to an aromatic ring is 1. The van der Waals surface area contributed by atoms with Gasteiger partial charge in [0.05, 0.1) is 5.02 Å². The second kappa shape index (κ2) is 5.88. The van der Waals surface area contributed by atoms with Gasteiger partial charge in [-0.05, 0) is 29.8 Å². The number of hydrogen-bond donors (Lipinski definition) is 1. The molecule has 0 aromatic heterocycles. The third kappa shape index (κ3) is 3.24. The number of halogens is 3. The molecule has 0 aliphatic carbocycles. The number of carbonyl (C=O) groups excluding carboxylic acids is 1. The third-order valence-electron chi connectivity index (χ3n) is 2.54. The lowest BCUT2D eigenvalue weighted by Crippen LogP contribution is -2.09. The first-order valence-electron chi connectivity index (χ1n) is 5.63. The molecule has 0 saturated carbocycles. The van der Waals surface area contributed by atoms with Crippen LogP contribution in [0.15, 0.2) is 36.4 Å². The normalized spacial score (nSPS) is 10.3. The zero-order valence-electron chi connectivity index (χ0n) is 10.2. The molecule has 0 radical (unpaired) electrons. The van der Waals surface area contributed by atoms with Crippen LogP contribution >= 0.6 is 11.6 Å². The molecule has 0 unspecified atom stereocenters. The van der Waals surface area contributed by atoms with Gasteiger partial charge in [0, 0.05) is 11.8 Å². The minimum Gasteiger partial charge on any atom is -0.457 e. The highest BCUT2D eigenvalue weighted by Gasteiger charge is 2.15. The number of hydrogen-bond acceptors (Lipinski definition) is 3. The Balaban J connectivity index is 2.13. The van der Waals surface area contributed by atoms with Gasteiger partial charge in [-0.25, -0.2) is 13.6 Å². The van der Waals surface area contributed by atoms with E-state index in [2.05, 4.69) is 0 Å². The van der Waals surface area contributed by atoms with Crippen molar-refractivity contribution in [1.82, 2.24) is 0 Å². The summed E-state index contributed by atoms with van der Waals surface area (Å²) in [6, 6.07) is 7.48.